The molecule has 0 saturated heterocycles. The average Bonchev–Trinajstić information content (AvgIpc) is 3.18. The molecule has 0 fully saturated rings. The first-order chi connectivity index (χ1) is 11.3. The molecule has 4 rings (SSSR count). The quantitative estimate of drug-likeness (QED) is 0.588. The summed E-state index contributed by atoms with van der Waals surface area (Å²) in [6.45, 7) is 0. The fourth-order valence-corrected chi connectivity index (χ4v) is 3.42. The third-order valence-electron chi connectivity index (χ3n) is 3.60. The minimum absolute atomic E-state index is 0.214. The lowest BCUT2D eigenvalue weighted by Crippen LogP contribution is -1.87. The fraction of sp³-hybridized carbons (Fsp3) is 0. The van der Waals surface area contributed by atoms with Crippen molar-refractivity contribution in [1.29, 1.82) is 5.26 Å². The zero-order valence-corrected chi connectivity index (χ0v) is 12.8. The molecule has 0 aliphatic rings. The zero-order chi connectivity index (χ0) is 15.8. The molecule has 0 bridgehead atoms. The topological polar surface area (TPSA) is 91.4 Å². The van der Waals surface area contributed by atoms with Gasteiger partial charge >= 0.3 is 0 Å². The van der Waals surface area contributed by atoms with Crippen LogP contribution in [-0.2, 0) is 0 Å². The Balaban J connectivity index is 1.84. The molecule has 3 N–H and O–H groups in total. The standard InChI is InChI=1S/C17H11N5S/c18-9-12-15(21-22-16(12)19)11-6-7-14-13(8-11)20-17(23-14)10-4-2-1-3-5-10/h1-8H,(H3,19,21,22). The number of aromatic nitrogens is 3. The number of anilines is 1. The van der Waals surface area contributed by atoms with Crippen molar-refractivity contribution in [1.82, 2.24) is 15.2 Å². The van der Waals surface area contributed by atoms with Crippen molar-refractivity contribution >= 4 is 27.4 Å². The van der Waals surface area contributed by atoms with Crippen LogP contribution in [-0.4, -0.2) is 15.2 Å². The molecule has 2 heterocycles. The largest absolute Gasteiger partial charge is 0.381 e. The Morgan fingerprint density at radius 1 is 1.09 bits per heavy atom. The smallest absolute Gasteiger partial charge is 0.163 e. The molecule has 2 aromatic carbocycles. The van der Waals surface area contributed by atoms with Crippen molar-refractivity contribution in [2.75, 3.05) is 5.73 Å². The highest BCUT2D eigenvalue weighted by Gasteiger charge is 2.14. The van der Waals surface area contributed by atoms with Crippen LogP contribution in [0.1, 0.15) is 5.56 Å². The van der Waals surface area contributed by atoms with Crippen LogP contribution in [0.2, 0.25) is 0 Å². The van der Waals surface area contributed by atoms with Crippen LogP contribution in [0.4, 0.5) is 5.82 Å². The average molecular weight is 317 g/mol. The lowest BCUT2D eigenvalue weighted by molar-refractivity contribution is 1.10. The molecule has 2 aromatic heterocycles. The van der Waals surface area contributed by atoms with E-state index in [1.165, 1.54) is 0 Å². The highest BCUT2D eigenvalue weighted by atomic mass is 32.1. The molecule has 0 unspecified atom stereocenters. The Hall–Kier alpha value is -3.17. The van der Waals surface area contributed by atoms with Gasteiger partial charge in [-0.2, -0.15) is 10.4 Å². The molecule has 23 heavy (non-hydrogen) atoms. The summed E-state index contributed by atoms with van der Waals surface area (Å²) >= 11 is 1.64. The molecule has 0 atom stereocenters. The summed E-state index contributed by atoms with van der Waals surface area (Å²) in [5.74, 6) is 0.214. The van der Waals surface area contributed by atoms with Crippen molar-refractivity contribution in [3.63, 3.8) is 0 Å². The van der Waals surface area contributed by atoms with Crippen molar-refractivity contribution in [3.05, 3.63) is 54.1 Å². The number of H-pyrrole nitrogens is 1. The number of rotatable bonds is 2. The summed E-state index contributed by atoms with van der Waals surface area (Å²) in [5, 5.41) is 16.9. The number of benzene rings is 2. The number of hydrogen-bond donors (Lipinski definition) is 2. The van der Waals surface area contributed by atoms with E-state index in [1.54, 1.807) is 11.3 Å². The molecule has 0 spiro atoms. The van der Waals surface area contributed by atoms with Gasteiger partial charge in [-0.15, -0.1) is 11.3 Å². The van der Waals surface area contributed by atoms with E-state index in [1.807, 2.05) is 48.5 Å². The number of aromatic amines is 1. The number of nitrogens with two attached hydrogens (primary N) is 1. The van der Waals surface area contributed by atoms with E-state index in [0.29, 0.717) is 11.3 Å². The maximum absolute atomic E-state index is 9.21. The van der Waals surface area contributed by atoms with Crippen LogP contribution in [0.15, 0.2) is 48.5 Å². The monoisotopic (exact) mass is 317 g/mol. The first kappa shape index (κ1) is 13.5. The van der Waals surface area contributed by atoms with Crippen molar-refractivity contribution in [3.8, 4) is 27.9 Å². The van der Waals surface area contributed by atoms with E-state index in [9.17, 15) is 5.26 Å². The van der Waals surface area contributed by atoms with Crippen LogP contribution in [0.25, 0.3) is 32.0 Å². The molecule has 110 valence electrons. The summed E-state index contributed by atoms with van der Waals surface area (Å²) in [6.07, 6.45) is 0. The predicted molar refractivity (Wildman–Crippen MR) is 91.8 cm³/mol. The van der Waals surface area contributed by atoms with Gasteiger partial charge in [-0.3, -0.25) is 5.10 Å². The van der Waals surface area contributed by atoms with Gasteiger partial charge in [0.1, 0.15) is 16.6 Å². The van der Waals surface area contributed by atoms with Gasteiger partial charge < -0.3 is 5.73 Å². The molecular formula is C17H11N5S. The Labute approximate surface area is 136 Å². The number of fused-ring (bicyclic) bond motifs is 1. The third-order valence-corrected chi connectivity index (χ3v) is 4.69. The maximum atomic E-state index is 9.21. The number of nitriles is 1. The molecule has 6 heteroatoms. The number of nitrogens with one attached hydrogen (secondary N) is 1. The second kappa shape index (κ2) is 5.23. The first-order valence-electron chi connectivity index (χ1n) is 6.96. The summed E-state index contributed by atoms with van der Waals surface area (Å²) in [6, 6.07) is 18.1. The second-order valence-electron chi connectivity index (χ2n) is 5.04. The highest BCUT2D eigenvalue weighted by Crippen LogP contribution is 2.33. The minimum atomic E-state index is 0.214. The molecule has 4 aromatic rings. The summed E-state index contributed by atoms with van der Waals surface area (Å²) in [7, 11) is 0. The predicted octanol–water partition coefficient (Wildman–Crippen LogP) is 3.81. The summed E-state index contributed by atoms with van der Waals surface area (Å²) in [4.78, 5) is 4.70. The maximum Gasteiger partial charge on any atom is 0.163 e. The molecular weight excluding hydrogens is 306 g/mol. The SMILES string of the molecule is N#Cc1c(N)n[nH]c1-c1ccc2sc(-c3ccccc3)nc2c1. The Kier molecular flexibility index (Phi) is 3.07. The van der Waals surface area contributed by atoms with Crippen molar-refractivity contribution in [2.24, 2.45) is 0 Å². The zero-order valence-electron chi connectivity index (χ0n) is 11.9. The summed E-state index contributed by atoms with van der Waals surface area (Å²) < 4.78 is 1.10. The number of thiazole rings is 1. The van der Waals surface area contributed by atoms with Gasteiger partial charge in [0.25, 0.3) is 0 Å². The molecule has 0 amide bonds. The third kappa shape index (κ3) is 2.24. The lowest BCUT2D eigenvalue weighted by atomic mass is 10.1. The van der Waals surface area contributed by atoms with Gasteiger partial charge in [-0.05, 0) is 12.1 Å². The van der Waals surface area contributed by atoms with E-state index in [0.717, 1.165) is 26.4 Å². The minimum Gasteiger partial charge on any atom is -0.381 e. The molecule has 5 nitrogen and oxygen atoms in total. The molecule has 0 saturated carbocycles. The number of hydrogen-bond acceptors (Lipinski definition) is 5. The van der Waals surface area contributed by atoms with Gasteiger partial charge in [0.15, 0.2) is 5.82 Å². The number of nitrogen functional groups attached to an aromatic ring is 1. The summed E-state index contributed by atoms with van der Waals surface area (Å²) in [5.41, 5.74) is 9.53. The van der Waals surface area contributed by atoms with E-state index in [4.69, 9.17) is 10.7 Å². The Morgan fingerprint density at radius 3 is 2.70 bits per heavy atom. The van der Waals surface area contributed by atoms with E-state index < -0.39 is 0 Å². The van der Waals surface area contributed by atoms with E-state index in [2.05, 4.69) is 16.3 Å². The van der Waals surface area contributed by atoms with Gasteiger partial charge in [-0.1, -0.05) is 36.4 Å². The van der Waals surface area contributed by atoms with Crippen LogP contribution in [0.3, 0.4) is 0 Å². The van der Waals surface area contributed by atoms with Crippen LogP contribution in [0.5, 0.6) is 0 Å². The van der Waals surface area contributed by atoms with E-state index in [-0.39, 0.29) is 5.82 Å². The normalized spacial score (nSPS) is 10.7. The molecule has 0 radical (unpaired) electrons. The molecule has 0 aliphatic heterocycles. The van der Waals surface area contributed by atoms with Crippen LogP contribution in [0, 0.1) is 11.3 Å². The Bertz CT molecular complexity index is 1040. The fourth-order valence-electron chi connectivity index (χ4n) is 2.47. The van der Waals surface area contributed by atoms with Crippen molar-refractivity contribution < 1.29 is 0 Å². The number of nitrogens with zero attached hydrogens (tertiary/aromatic N) is 3. The van der Waals surface area contributed by atoms with Gasteiger partial charge in [0.05, 0.1) is 15.9 Å². The van der Waals surface area contributed by atoms with Crippen LogP contribution >= 0.6 is 11.3 Å². The van der Waals surface area contributed by atoms with Gasteiger partial charge in [0.2, 0.25) is 0 Å². The second-order valence-corrected chi connectivity index (χ2v) is 6.07. The molecule has 0 aliphatic carbocycles. The van der Waals surface area contributed by atoms with E-state index >= 15 is 0 Å². The Morgan fingerprint density at radius 2 is 1.91 bits per heavy atom. The van der Waals surface area contributed by atoms with Gasteiger partial charge in [0, 0.05) is 11.1 Å². The first-order valence-corrected chi connectivity index (χ1v) is 7.78. The van der Waals surface area contributed by atoms with Crippen molar-refractivity contribution in [2.45, 2.75) is 0 Å². The van der Waals surface area contributed by atoms with Crippen LogP contribution < -0.4 is 5.73 Å². The lowest BCUT2D eigenvalue weighted by Gasteiger charge is -1.98. The highest BCUT2D eigenvalue weighted by molar-refractivity contribution is 7.21. The van der Waals surface area contributed by atoms with Gasteiger partial charge in [-0.25, -0.2) is 4.98 Å².